The van der Waals surface area contributed by atoms with E-state index in [2.05, 4.69) is 16.1 Å². The number of carbonyl (C=O) groups is 7. The number of esters is 5. The van der Waals surface area contributed by atoms with Crippen molar-refractivity contribution in [2.24, 2.45) is 35.5 Å². The van der Waals surface area contributed by atoms with Gasteiger partial charge >= 0.3 is 29.8 Å². The third-order valence-electron chi connectivity index (χ3n) is 9.84. The Morgan fingerprint density at radius 3 is 1.67 bits per heavy atom. The summed E-state index contributed by atoms with van der Waals surface area (Å²) < 4.78 is 14.4. The van der Waals surface area contributed by atoms with Crippen LogP contribution < -0.4 is 0 Å². The molecule has 0 spiro atoms. The number of hydrogen-bond donors (Lipinski definition) is 0. The molecule has 6 aliphatic rings. The molecule has 0 amide bonds. The van der Waals surface area contributed by atoms with Crippen LogP contribution in [0, 0.1) is 35.5 Å². The second kappa shape index (κ2) is 8.64. The van der Waals surface area contributed by atoms with E-state index in [4.69, 9.17) is 4.74 Å². The van der Waals surface area contributed by atoms with Gasteiger partial charge in [0.05, 0.1) is 34.9 Å². The zero-order chi connectivity index (χ0) is 29.8. The molecule has 0 aromatic heterocycles. The van der Waals surface area contributed by atoms with Gasteiger partial charge in [0.2, 0.25) is 0 Å². The van der Waals surface area contributed by atoms with E-state index in [1.807, 2.05) is 32.0 Å². The minimum Gasteiger partial charge on any atom is -0.423 e. The van der Waals surface area contributed by atoms with Crippen molar-refractivity contribution in [2.75, 3.05) is 0 Å². The van der Waals surface area contributed by atoms with Crippen molar-refractivity contribution < 1.29 is 47.8 Å². The van der Waals surface area contributed by atoms with E-state index in [0.29, 0.717) is 23.3 Å². The lowest BCUT2D eigenvalue weighted by atomic mass is 9.70. The van der Waals surface area contributed by atoms with Gasteiger partial charge in [0.25, 0.3) is 0 Å². The lowest BCUT2D eigenvalue weighted by Gasteiger charge is -2.28. The highest BCUT2D eigenvalue weighted by atomic mass is 16.6. The standard InChI is InChI=1S/C20H14O5.C12H10O5/c1-10-15-8-11(4-6-13(15)17(21)24-10)20(2,3)12-5-7-14-16(9-12)19(23)25-18(14)22;13-5-2-6(14)8-4-1-3(7(5)8)9-10(4)12(16)17-11(9)15/h4-9H,1H2,2-3H3;3-4,7-10H,1-2H2. The number of benzene rings is 2. The number of carbonyl (C=O) groups excluding carboxylic acids is 7. The average molecular weight is 569 g/mol. The molecule has 1 saturated heterocycles. The van der Waals surface area contributed by atoms with Crippen LogP contribution in [0.2, 0.25) is 0 Å². The normalized spacial score (nSPS) is 30.0. The van der Waals surface area contributed by atoms with Crippen LogP contribution in [0.3, 0.4) is 0 Å². The fourth-order valence-corrected chi connectivity index (χ4v) is 7.78. The van der Waals surface area contributed by atoms with Crippen molar-refractivity contribution >= 4 is 47.2 Å². The molecule has 3 saturated carbocycles. The van der Waals surface area contributed by atoms with Crippen molar-refractivity contribution in [3.05, 3.63) is 76.4 Å². The van der Waals surface area contributed by atoms with E-state index in [1.54, 1.807) is 18.2 Å². The summed E-state index contributed by atoms with van der Waals surface area (Å²) >= 11 is 0. The number of hydrogen-bond acceptors (Lipinski definition) is 10. The molecule has 2 aromatic rings. The molecule has 3 aliphatic heterocycles. The van der Waals surface area contributed by atoms with Gasteiger partial charge in [-0.15, -0.1) is 0 Å². The van der Waals surface area contributed by atoms with E-state index in [9.17, 15) is 33.6 Å². The fraction of sp³-hybridized carbons (Fsp3) is 0.344. The minimum atomic E-state index is -0.626. The summed E-state index contributed by atoms with van der Waals surface area (Å²) in [6, 6.07) is 10.6. The third kappa shape index (κ3) is 3.47. The maximum Gasteiger partial charge on any atom is 0.346 e. The first kappa shape index (κ1) is 26.2. The van der Waals surface area contributed by atoms with Crippen molar-refractivity contribution in [1.29, 1.82) is 0 Å². The first-order chi connectivity index (χ1) is 19.9. The molecular formula is C32H24O10. The molecule has 0 radical (unpaired) electrons. The topological polar surface area (TPSA) is 147 Å². The summed E-state index contributed by atoms with van der Waals surface area (Å²) in [5, 5.41) is 0. The highest BCUT2D eigenvalue weighted by Gasteiger charge is 2.70. The molecule has 6 unspecified atom stereocenters. The van der Waals surface area contributed by atoms with E-state index in [0.717, 1.165) is 11.1 Å². The van der Waals surface area contributed by atoms with Crippen molar-refractivity contribution in [3.63, 3.8) is 0 Å². The molecule has 10 heteroatoms. The third-order valence-corrected chi connectivity index (χ3v) is 9.84. The Labute approximate surface area is 239 Å². The van der Waals surface area contributed by atoms with Crippen LogP contribution in [0.1, 0.15) is 74.5 Å². The van der Waals surface area contributed by atoms with Gasteiger partial charge in [0, 0.05) is 22.8 Å². The fourth-order valence-electron chi connectivity index (χ4n) is 7.78. The maximum absolute atomic E-state index is 11.8. The Morgan fingerprint density at radius 2 is 1.10 bits per heavy atom. The molecule has 8 rings (SSSR count). The van der Waals surface area contributed by atoms with Crippen LogP contribution in [-0.4, -0.2) is 41.4 Å². The SMILES string of the molecule is C=C1OC(=O)c2ccc(C(C)(C)c3ccc4c(c3)C(=O)OC4=O)cc21.O=C1CC(=O)C2C3CC(C12)C1C(=O)OC(=O)C31. The number of Topliss-reactive ketones (excluding diaryl/α,β-unsaturated/α-hetero) is 2. The van der Waals surface area contributed by atoms with Gasteiger partial charge in [-0.1, -0.05) is 32.6 Å². The van der Waals surface area contributed by atoms with Crippen LogP contribution in [-0.2, 0) is 38.8 Å². The van der Waals surface area contributed by atoms with Gasteiger partial charge in [0.1, 0.15) is 17.3 Å². The molecule has 6 atom stereocenters. The molecule has 3 heterocycles. The van der Waals surface area contributed by atoms with Gasteiger partial charge in [0.15, 0.2) is 0 Å². The number of ether oxygens (including phenoxy) is 3. The van der Waals surface area contributed by atoms with Crippen LogP contribution in [0.25, 0.3) is 5.76 Å². The summed E-state index contributed by atoms with van der Waals surface area (Å²) in [6.07, 6.45) is 0.647. The maximum atomic E-state index is 11.8. The summed E-state index contributed by atoms with van der Waals surface area (Å²) in [6.45, 7) is 7.76. The number of fused-ring (bicyclic) bond motifs is 10. The second-order valence-electron chi connectivity index (χ2n) is 12.2. The molecule has 2 aromatic carbocycles. The van der Waals surface area contributed by atoms with Crippen LogP contribution in [0.4, 0.5) is 0 Å². The van der Waals surface area contributed by atoms with Crippen molar-refractivity contribution in [2.45, 2.75) is 32.1 Å². The quantitative estimate of drug-likeness (QED) is 0.301. The Morgan fingerprint density at radius 1 is 0.619 bits per heavy atom. The Balaban J connectivity index is 0.000000147. The predicted molar refractivity (Wildman–Crippen MR) is 140 cm³/mol. The smallest absolute Gasteiger partial charge is 0.346 e. The first-order valence-electron chi connectivity index (χ1n) is 13.7. The second-order valence-corrected chi connectivity index (χ2v) is 12.2. The number of rotatable bonds is 2. The zero-order valence-corrected chi connectivity index (χ0v) is 22.6. The van der Waals surface area contributed by atoms with E-state index >= 15 is 0 Å². The lowest BCUT2D eigenvalue weighted by molar-refractivity contribution is -0.154. The Kier molecular flexibility index (Phi) is 5.39. The van der Waals surface area contributed by atoms with Gasteiger partial charge in [-0.3, -0.25) is 19.2 Å². The molecule has 42 heavy (non-hydrogen) atoms. The Hall–Kier alpha value is -4.73. The van der Waals surface area contributed by atoms with Crippen molar-refractivity contribution in [1.82, 2.24) is 0 Å². The highest BCUT2D eigenvalue weighted by molar-refractivity contribution is 6.15. The van der Waals surface area contributed by atoms with Gasteiger partial charge in [-0.05, 0) is 53.6 Å². The van der Waals surface area contributed by atoms with Gasteiger partial charge in [-0.25, -0.2) is 14.4 Å². The molecule has 212 valence electrons. The lowest BCUT2D eigenvalue weighted by Crippen LogP contribution is -2.37. The predicted octanol–water partition coefficient (Wildman–Crippen LogP) is 3.19. The summed E-state index contributed by atoms with van der Waals surface area (Å²) in [5.41, 5.74) is 3.05. The van der Waals surface area contributed by atoms with E-state index in [1.165, 1.54) is 0 Å². The number of ketones is 2. The zero-order valence-electron chi connectivity index (χ0n) is 22.6. The first-order valence-corrected chi connectivity index (χ1v) is 13.7. The van der Waals surface area contributed by atoms with E-state index < -0.39 is 47.1 Å². The number of cyclic esters (lactones) is 5. The van der Waals surface area contributed by atoms with Crippen LogP contribution in [0.15, 0.2) is 43.0 Å². The Bertz CT molecular complexity index is 1560. The summed E-state index contributed by atoms with van der Waals surface area (Å²) in [4.78, 5) is 81.9. The molecule has 0 N–H and O–H groups in total. The summed E-state index contributed by atoms with van der Waals surface area (Å²) in [5.74, 6) is -4.17. The summed E-state index contributed by atoms with van der Waals surface area (Å²) in [7, 11) is 0. The molecule has 2 bridgehead atoms. The molecule has 4 fully saturated rings. The van der Waals surface area contributed by atoms with Crippen LogP contribution >= 0.6 is 0 Å². The minimum absolute atomic E-state index is 0.00892. The van der Waals surface area contributed by atoms with Crippen LogP contribution in [0.5, 0.6) is 0 Å². The van der Waals surface area contributed by atoms with Crippen molar-refractivity contribution in [3.8, 4) is 0 Å². The van der Waals surface area contributed by atoms with Gasteiger partial charge < -0.3 is 14.2 Å². The van der Waals surface area contributed by atoms with E-state index in [-0.39, 0.29) is 52.8 Å². The molecule has 10 nitrogen and oxygen atoms in total. The van der Waals surface area contributed by atoms with Gasteiger partial charge in [-0.2, -0.15) is 0 Å². The average Bonchev–Trinajstić information content (AvgIpc) is 3.76. The largest absolute Gasteiger partial charge is 0.423 e. The molecular weight excluding hydrogens is 544 g/mol. The monoisotopic (exact) mass is 568 g/mol. The molecule has 3 aliphatic carbocycles. The highest BCUT2D eigenvalue weighted by Crippen LogP contribution is 2.63.